The molecular weight excluding hydrogens is 284 g/mol. The summed E-state index contributed by atoms with van der Waals surface area (Å²) < 4.78 is 10.6. The van der Waals surface area contributed by atoms with Crippen LogP contribution < -0.4 is 0 Å². The highest BCUT2D eigenvalue weighted by Crippen LogP contribution is 2.11. The van der Waals surface area contributed by atoms with E-state index in [2.05, 4.69) is 9.80 Å². The molecule has 0 radical (unpaired) electrons. The Kier molecular flexibility index (Phi) is 6.95. The van der Waals surface area contributed by atoms with Crippen LogP contribution in [0.2, 0.25) is 0 Å². The highest BCUT2D eigenvalue weighted by Gasteiger charge is 2.29. The second-order valence-electron chi connectivity index (χ2n) is 6.36. The van der Waals surface area contributed by atoms with Crippen molar-refractivity contribution >= 4 is 11.6 Å². The second-order valence-corrected chi connectivity index (χ2v) is 6.36. The van der Waals surface area contributed by atoms with Gasteiger partial charge in [-0.25, -0.2) is 0 Å². The molecule has 0 N–H and O–H groups in total. The van der Waals surface area contributed by atoms with E-state index in [0.717, 1.165) is 26.2 Å². The van der Waals surface area contributed by atoms with E-state index in [1.165, 1.54) is 0 Å². The largest absolute Gasteiger partial charge is 0.379 e. The quantitative estimate of drug-likeness (QED) is 0.620. The molecule has 0 aliphatic carbocycles. The van der Waals surface area contributed by atoms with E-state index in [4.69, 9.17) is 9.47 Å². The lowest BCUT2D eigenvalue weighted by molar-refractivity contribution is -0.141. The first-order valence-electron chi connectivity index (χ1n) is 8.26. The molecule has 6 heteroatoms. The van der Waals surface area contributed by atoms with Crippen molar-refractivity contribution in [2.45, 2.75) is 13.8 Å². The summed E-state index contributed by atoms with van der Waals surface area (Å²) in [5.74, 6) is -0.935. The van der Waals surface area contributed by atoms with Gasteiger partial charge < -0.3 is 9.47 Å². The lowest BCUT2D eigenvalue weighted by atomic mass is 9.94. The smallest absolute Gasteiger partial charge is 0.202 e. The minimum Gasteiger partial charge on any atom is -0.379 e. The van der Waals surface area contributed by atoms with Gasteiger partial charge in [0.05, 0.1) is 26.4 Å². The van der Waals surface area contributed by atoms with Crippen molar-refractivity contribution in [2.24, 2.45) is 11.8 Å². The summed E-state index contributed by atoms with van der Waals surface area (Å²) in [6.45, 7) is 11.2. The Morgan fingerprint density at radius 1 is 0.773 bits per heavy atom. The molecule has 2 saturated heterocycles. The number of ketones is 2. The Hall–Kier alpha value is -0.820. The van der Waals surface area contributed by atoms with Gasteiger partial charge in [-0.3, -0.25) is 19.4 Å². The van der Waals surface area contributed by atoms with Gasteiger partial charge in [0, 0.05) is 51.1 Å². The maximum absolute atomic E-state index is 12.3. The molecule has 2 heterocycles. The van der Waals surface area contributed by atoms with Gasteiger partial charge in [0.1, 0.15) is 0 Å². The molecule has 2 aliphatic heterocycles. The van der Waals surface area contributed by atoms with E-state index in [1.54, 1.807) is 0 Å². The molecule has 6 nitrogen and oxygen atoms in total. The number of hydrogen-bond donors (Lipinski definition) is 0. The normalized spacial score (nSPS) is 23.9. The molecule has 2 rings (SSSR count). The molecule has 22 heavy (non-hydrogen) atoms. The van der Waals surface area contributed by atoms with Crippen LogP contribution in [0.15, 0.2) is 0 Å². The fraction of sp³-hybridized carbons (Fsp3) is 0.875. The molecule has 2 unspecified atom stereocenters. The molecule has 0 aromatic carbocycles. The molecular formula is C16H28N2O4. The van der Waals surface area contributed by atoms with Crippen LogP contribution in [0.4, 0.5) is 0 Å². The number of hydrogen-bond acceptors (Lipinski definition) is 6. The average Bonchev–Trinajstić information content (AvgIpc) is 2.55. The van der Waals surface area contributed by atoms with E-state index in [9.17, 15) is 9.59 Å². The van der Waals surface area contributed by atoms with E-state index in [0.29, 0.717) is 39.5 Å². The maximum Gasteiger partial charge on any atom is 0.202 e. The van der Waals surface area contributed by atoms with Crippen molar-refractivity contribution in [1.29, 1.82) is 0 Å². The van der Waals surface area contributed by atoms with Gasteiger partial charge >= 0.3 is 0 Å². The zero-order valence-corrected chi connectivity index (χ0v) is 13.8. The molecule has 2 aliphatic rings. The molecule has 126 valence electrons. The fourth-order valence-corrected chi connectivity index (χ4v) is 2.99. The first-order valence-corrected chi connectivity index (χ1v) is 8.26. The van der Waals surface area contributed by atoms with Gasteiger partial charge in [-0.1, -0.05) is 13.8 Å². The van der Waals surface area contributed by atoms with Crippen LogP contribution in [0.1, 0.15) is 13.8 Å². The Labute approximate surface area is 132 Å². The van der Waals surface area contributed by atoms with Crippen LogP contribution in [0, 0.1) is 11.8 Å². The van der Waals surface area contributed by atoms with Crippen molar-refractivity contribution in [3.05, 3.63) is 0 Å². The van der Waals surface area contributed by atoms with Crippen LogP contribution in [-0.4, -0.2) is 87.1 Å². The van der Waals surface area contributed by atoms with Crippen LogP contribution in [-0.2, 0) is 19.1 Å². The lowest BCUT2D eigenvalue weighted by Gasteiger charge is -2.30. The summed E-state index contributed by atoms with van der Waals surface area (Å²) in [5.41, 5.74) is 0. The molecule has 0 aromatic rings. The lowest BCUT2D eigenvalue weighted by Crippen LogP contribution is -2.44. The van der Waals surface area contributed by atoms with Crippen molar-refractivity contribution in [3.8, 4) is 0 Å². The van der Waals surface area contributed by atoms with Gasteiger partial charge in [0.15, 0.2) is 0 Å². The van der Waals surface area contributed by atoms with E-state index in [-0.39, 0.29) is 23.4 Å². The predicted molar refractivity (Wildman–Crippen MR) is 82.9 cm³/mol. The van der Waals surface area contributed by atoms with Gasteiger partial charge in [0.25, 0.3) is 0 Å². The number of morpholine rings is 2. The third kappa shape index (κ3) is 5.12. The summed E-state index contributed by atoms with van der Waals surface area (Å²) >= 11 is 0. The number of Topliss-reactive ketones (excluding diaryl/α,β-unsaturated/α-hetero) is 2. The van der Waals surface area contributed by atoms with Gasteiger partial charge in [-0.05, 0) is 0 Å². The molecule has 0 spiro atoms. The van der Waals surface area contributed by atoms with E-state index < -0.39 is 0 Å². The zero-order valence-electron chi connectivity index (χ0n) is 13.8. The Morgan fingerprint density at radius 2 is 1.09 bits per heavy atom. The van der Waals surface area contributed by atoms with Crippen molar-refractivity contribution in [2.75, 3.05) is 65.7 Å². The zero-order chi connectivity index (χ0) is 15.9. The molecule has 0 saturated carbocycles. The highest BCUT2D eigenvalue weighted by molar-refractivity contribution is 6.38. The van der Waals surface area contributed by atoms with Crippen molar-refractivity contribution in [3.63, 3.8) is 0 Å². The molecule has 0 aromatic heterocycles. The predicted octanol–water partition coefficient (Wildman–Crippen LogP) is 0.0612. The van der Waals surface area contributed by atoms with Crippen LogP contribution >= 0.6 is 0 Å². The molecule has 2 atom stereocenters. The highest BCUT2D eigenvalue weighted by atomic mass is 16.5. The first kappa shape index (κ1) is 17.5. The summed E-state index contributed by atoms with van der Waals surface area (Å²) in [4.78, 5) is 29.1. The summed E-state index contributed by atoms with van der Waals surface area (Å²) in [5, 5.41) is 0. The van der Waals surface area contributed by atoms with Crippen LogP contribution in [0.25, 0.3) is 0 Å². The van der Waals surface area contributed by atoms with Gasteiger partial charge in [-0.15, -0.1) is 0 Å². The SMILES string of the molecule is CC(CN1CCOCC1)C(=O)C(=O)C(C)CN1CCOCC1. The number of ether oxygens (including phenoxy) is 2. The molecule has 0 bridgehead atoms. The third-order valence-electron chi connectivity index (χ3n) is 4.41. The second kappa shape index (κ2) is 8.72. The number of carbonyl (C=O) groups is 2. The molecule has 0 amide bonds. The summed E-state index contributed by atoms with van der Waals surface area (Å²) in [6, 6.07) is 0. The van der Waals surface area contributed by atoms with Crippen molar-refractivity contribution < 1.29 is 19.1 Å². The average molecular weight is 312 g/mol. The minimum atomic E-state index is -0.238. The Bertz CT molecular complexity index is 340. The Balaban J connectivity index is 1.77. The van der Waals surface area contributed by atoms with Crippen LogP contribution in [0.5, 0.6) is 0 Å². The van der Waals surface area contributed by atoms with Gasteiger partial charge in [-0.2, -0.15) is 0 Å². The standard InChI is InChI=1S/C16H28N2O4/c1-13(11-17-3-7-21-8-4-17)15(19)16(20)14(2)12-18-5-9-22-10-6-18/h13-14H,3-12H2,1-2H3. The van der Waals surface area contributed by atoms with E-state index >= 15 is 0 Å². The number of carbonyl (C=O) groups excluding carboxylic acids is 2. The summed E-state index contributed by atoms with van der Waals surface area (Å²) in [6.07, 6.45) is 0. The number of nitrogens with zero attached hydrogens (tertiary/aromatic N) is 2. The van der Waals surface area contributed by atoms with Gasteiger partial charge in [0.2, 0.25) is 11.6 Å². The maximum atomic E-state index is 12.3. The van der Waals surface area contributed by atoms with Crippen LogP contribution in [0.3, 0.4) is 0 Å². The number of rotatable bonds is 7. The third-order valence-corrected chi connectivity index (χ3v) is 4.41. The Morgan fingerprint density at radius 3 is 1.41 bits per heavy atom. The minimum absolute atomic E-state index is 0.229. The monoisotopic (exact) mass is 312 g/mol. The summed E-state index contributed by atoms with van der Waals surface area (Å²) in [7, 11) is 0. The van der Waals surface area contributed by atoms with Crippen molar-refractivity contribution in [1.82, 2.24) is 9.80 Å². The molecule has 2 fully saturated rings. The topological polar surface area (TPSA) is 59.1 Å². The van der Waals surface area contributed by atoms with E-state index in [1.807, 2.05) is 13.8 Å². The fourth-order valence-electron chi connectivity index (χ4n) is 2.99. The first-order chi connectivity index (χ1) is 10.6.